The maximum absolute atomic E-state index is 14.4. The number of amides is 1. The predicted octanol–water partition coefficient (Wildman–Crippen LogP) is 5.17. The van der Waals surface area contributed by atoms with Crippen LogP contribution in [0.3, 0.4) is 0 Å². The SMILES string of the molecule is COc1ccc(C(=O)C2C(c3ccc([N+](=O)[O-])cc3)C3CCCN3[C@@]23C(=O)Nc2ccc(Cl)cc23)cc1. The molecule has 0 saturated carbocycles. The minimum absolute atomic E-state index is 0.0199. The Labute approximate surface area is 218 Å². The maximum Gasteiger partial charge on any atom is 0.269 e. The van der Waals surface area contributed by atoms with Gasteiger partial charge in [0.05, 0.1) is 18.0 Å². The molecule has 4 atom stereocenters. The number of fused-ring (bicyclic) bond motifs is 4. The summed E-state index contributed by atoms with van der Waals surface area (Å²) >= 11 is 6.43. The molecule has 3 unspecified atom stereocenters. The molecular formula is C28H24ClN3O5. The van der Waals surface area contributed by atoms with Gasteiger partial charge in [-0.15, -0.1) is 0 Å². The smallest absolute Gasteiger partial charge is 0.269 e. The first kappa shape index (κ1) is 23.6. The molecule has 2 fully saturated rings. The van der Waals surface area contributed by atoms with Crippen LogP contribution in [-0.2, 0) is 10.3 Å². The van der Waals surface area contributed by atoms with E-state index >= 15 is 0 Å². The number of carbonyl (C=O) groups is 2. The van der Waals surface area contributed by atoms with Crippen LogP contribution in [-0.4, -0.2) is 41.2 Å². The van der Waals surface area contributed by atoms with Crippen molar-refractivity contribution in [3.63, 3.8) is 0 Å². The van der Waals surface area contributed by atoms with Gasteiger partial charge in [0.15, 0.2) is 5.78 Å². The van der Waals surface area contributed by atoms with E-state index in [-0.39, 0.29) is 29.3 Å². The van der Waals surface area contributed by atoms with Crippen molar-refractivity contribution < 1.29 is 19.2 Å². The van der Waals surface area contributed by atoms with E-state index in [0.29, 0.717) is 34.1 Å². The molecule has 1 spiro atoms. The van der Waals surface area contributed by atoms with E-state index in [0.717, 1.165) is 18.4 Å². The predicted molar refractivity (Wildman–Crippen MR) is 138 cm³/mol. The molecule has 188 valence electrons. The molecule has 1 amide bonds. The molecule has 1 N–H and O–H groups in total. The highest BCUT2D eigenvalue weighted by Crippen LogP contribution is 2.61. The number of ether oxygens (including phenoxy) is 1. The zero-order valence-electron chi connectivity index (χ0n) is 20.0. The van der Waals surface area contributed by atoms with E-state index < -0.39 is 16.4 Å². The monoisotopic (exact) mass is 517 g/mol. The topological polar surface area (TPSA) is 102 Å². The summed E-state index contributed by atoms with van der Waals surface area (Å²) in [5.41, 5.74) is 1.36. The number of Topliss-reactive ketones (excluding diaryl/α,β-unsaturated/α-hetero) is 1. The summed E-state index contributed by atoms with van der Waals surface area (Å²) in [6.07, 6.45) is 1.68. The second kappa shape index (κ2) is 8.68. The van der Waals surface area contributed by atoms with Crippen LogP contribution in [0.4, 0.5) is 11.4 Å². The van der Waals surface area contributed by atoms with Crippen LogP contribution in [0.2, 0.25) is 5.02 Å². The van der Waals surface area contributed by atoms with Crippen LogP contribution in [0.15, 0.2) is 66.7 Å². The number of hydrogen-bond acceptors (Lipinski definition) is 6. The van der Waals surface area contributed by atoms with Crippen molar-refractivity contribution in [3.05, 3.63) is 98.6 Å². The molecule has 3 aromatic rings. The first-order chi connectivity index (χ1) is 17.9. The van der Waals surface area contributed by atoms with E-state index in [4.69, 9.17) is 16.3 Å². The lowest BCUT2D eigenvalue weighted by atomic mass is 9.69. The Morgan fingerprint density at radius 2 is 1.86 bits per heavy atom. The Hall–Kier alpha value is -3.75. The number of methoxy groups -OCH3 is 1. The van der Waals surface area contributed by atoms with E-state index in [2.05, 4.69) is 10.2 Å². The number of rotatable bonds is 5. The summed E-state index contributed by atoms with van der Waals surface area (Å²) in [5, 5.41) is 14.8. The molecule has 3 aromatic carbocycles. The molecule has 9 heteroatoms. The number of carbonyl (C=O) groups excluding carboxylic acids is 2. The van der Waals surface area contributed by atoms with Gasteiger partial charge in [0.2, 0.25) is 5.91 Å². The fourth-order valence-electron chi connectivity index (χ4n) is 6.66. The van der Waals surface area contributed by atoms with Gasteiger partial charge < -0.3 is 10.1 Å². The lowest BCUT2D eigenvalue weighted by Gasteiger charge is -2.37. The Morgan fingerprint density at radius 1 is 1.14 bits per heavy atom. The van der Waals surface area contributed by atoms with Gasteiger partial charge in [-0.3, -0.25) is 24.6 Å². The fourth-order valence-corrected chi connectivity index (χ4v) is 6.83. The Morgan fingerprint density at radius 3 is 2.54 bits per heavy atom. The zero-order chi connectivity index (χ0) is 25.9. The van der Waals surface area contributed by atoms with Gasteiger partial charge in [-0.05, 0) is 67.4 Å². The molecule has 37 heavy (non-hydrogen) atoms. The quantitative estimate of drug-likeness (QED) is 0.285. The Bertz CT molecular complexity index is 1420. The van der Waals surface area contributed by atoms with Crippen molar-refractivity contribution in [3.8, 4) is 5.75 Å². The molecule has 8 nitrogen and oxygen atoms in total. The van der Waals surface area contributed by atoms with Crippen LogP contribution >= 0.6 is 11.6 Å². The highest BCUT2D eigenvalue weighted by molar-refractivity contribution is 6.31. The zero-order valence-corrected chi connectivity index (χ0v) is 20.8. The standard InChI is InChI=1S/C28H24ClN3O5/c1-37-20-11-6-17(7-12-20)26(33)25-24(16-4-9-19(10-5-16)32(35)36)23-3-2-14-31(23)28(25)21-15-18(29)8-13-22(21)30-27(28)34/h4-13,15,23-25H,2-3,14H2,1H3,(H,30,34)/t23?,24?,25?,28-/m1/s1. The number of hydrogen-bond donors (Lipinski definition) is 1. The highest BCUT2D eigenvalue weighted by Gasteiger charge is 2.69. The van der Waals surface area contributed by atoms with Crippen molar-refractivity contribution in [2.75, 3.05) is 19.0 Å². The van der Waals surface area contributed by atoms with Crippen LogP contribution in [0.25, 0.3) is 0 Å². The van der Waals surface area contributed by atoms with Gasteiger partial charge in [-0.2, -0.15) is 0 Å². The first-order valence-corrected chi connectivity index (χ1v) is 12.5. The molecule has 3 aliphatic rings. The van der Waals surface area contributed by atoms with Crippen LogP contribution < -0.4 is 10.1 Å². The normalized spacial score (nSPS) is 26.1. The van der Waals surface area contributed by atoms with Gasteiger partial charge >= 0.3 is 0 Å². The fraction of sp³-hybridized carbons (Fsp3) is 0.286. The number of benzene rings is 3. The molecule has 3 aliphatic heterocycles. The number of nitro groups is 1. The van der Waals surface area contributed by atoms with Crippen molar-refractivity contribution >= 4 is 34.7 Å². The van der Waals surface area contributed by atoms with E-state index in [9.17, 15) is 19.7 Å². The van der Waals surface area contributed by atoms with Crippen LogP contribution in [0.1, 0.15) is 40.2 Å². The molecule has 3 heterocycles. The lowest BCUT2D eigenvalue weighted by Crippen LogP contribution is -2.52. The third-order valence-corrected chi connectivity index (χ3v) is 8.34. The number of ketones is 1. The van der Waals surface area contributed by atoms with Gasteiger partial charge in [0, 0.05) is 45.9 Å². The summed E-state index contributed by atoms with van der Waals surface area (Å²) in [4.78, 5) is 41.5. The van der Waals surface area contributed by atoms with E-state index in [1.807, 2.05) is 0 Å². The van der Waals surface area contributed by atoms with Crippen LogP contribution in [0.5, 0.6) is 5.75 Å². The molecule has 0 aliphatic carbocycles. The average Bonchev–Trinajstić information content (AvgIpc) is 3.57. The van der Waals surface area contributed by atoms with Crippen molar-refractivity contribution in [1.29, 1.82) is 0 Å². The number of halogens is 1. The minimum Gasteiger partial charge on any atom is -0.497 e. The Balaban J connectivity index is 1.58. The van der Waals surface area contributed by atoms with Gasteiger partial charge in [-0.1, -0.05) is 23.7 Å². The van der Waals surface area contributed by atoms with E-state index in [1.165, 1.54) is 12.1 Å². The third kappa shape index (κ3) is 3.39. The summed E-state index contributed by atoms with van der Waals surface area (Å²) < 4.78 is 5.27. The Kier molecular flexibility index (Phi) is 5.54. The highest BCUT2D eigenvalue weighted by atomic mass is 35.5. The number of non-ortho nitro benzene ring substituents is 1. The molecule has 6 rings (SSSR count). The maximum atomic E-state index is 14.4. The molecule has 0 radical (unpaired) electrons. The largest absolute Gasteiger partial charge is 0.497 e. The summed E-state index contributed by atoms with van der Waals surface area (Å²) in [6, 6.07) is 18.5. The lowest BCUT2D eigenvalue weighted by molar-refractivity contribution is -0.384. The first-order valence-electron chi connectivity index (χ1n) is 12.2. The molecule has 2 saturated heterocycles. The minimum atomic E-state index is -1.25. The third-order valence-electron chi connectivity index (χ3n) is 8.11. The van der Waals surface area contributed by atoms with Gasteiger partial charge in [0.1, 0.15) is 11.3 Å². The van der Waals surface area contributed by atoms with Crippen molar-refractivity contribution in [2.45, 2.75) is 30.3 Å². The summed E-state index contributed by atoms with van der Waals surface area (Å²) in [7, 11) is 1.56. The van der Waals surface area contributed by atoms with Gasteiger partial charge in [0.25, 0.3) is 5.69 Å². The summed E-state index contributed by atoms with van der Waals surface area (Å²) in [5.74, 6) is -0.904. The average molecular weight is 518 g/mol. The number of nitro benzene ring substituents is 1. The van der Waals surface area contributed by atoms with Gasteiger partial charge in [-0.25, -0.2) is 0 Å². The van der Waals surface area contributed by atoms with E-state index in [1.54, 1.807) is 61.7 Å². The summed E-state index contributed by atoms with van der Waals surface area (Å²) in [6.45, 7) is 0.653. The van der Waals surface area contributed by atoms with Crippen molar-refractivity contribution in [1.82, 2.24) is 4.90 Å². The molecule has 0 bridgehead atoms. The number of nitrogens with one attached hydrogen (secondary N) is 1. The molecular weight excluding hydrogens is 494 g/mol. The number of anilines is 1. The van der Waals surface area contributed by atoms with Crippen LogP contribution in [0, 0.1) is 16.0 Å². The number of nitrogens with zero attached hydrogens (tertiary/aromatic N) is 2. The van der Waals surface area contributed by atoms with Crippen molar-refractivity contribution in [2.24, 2.45) is 5.92 Å². The second-order valence-corrected chi connectivity index (χ2v) is 10.2. The second-order valence-electron chi connectivity index (χ2n) is 9.76. The molecule has 0 aromatic heterocycles.